The van der Waals surface area contributed by atoms with E-state index in [2.05, 4.69) is 22.3 Å². The van der Waals surface area contributed by atoms with Crippen molar-refractivity contribution < 1.29 is 13.9 Å². The number of hydrogen-bond acceptors (Lipinski definition) is 7. The standard InChI is InChI=1S/C22H20N4O3S/c27-20(13-28-17-7-5-15(6-8-17)21-25-23-14-29-21)26-11-9-16(10-12-26)22-24-18-3-1-2-4-19(18)30-22/h1-8,14,16H,9-13H2. The number of carbonyl (C=O) groups is 1. The predicted molar refractivity (Wildman–Crippen MR) is 113 cm³/mol. The van der Waals surface area contributed by atoms with Crippen LogP contribution in [0.3, 0.4) is 0 Å². The van der Waals surface area contributed by atoms with Crippen molar-refractivity contribution in [2.24, 2.45) is 0 Å². The van der Waals surface area contributed by atoms with Gasteiger partial charge in [-0.25, -0.2) is 4.98 Å². The Hall–Kier alpha value is -3.26. The zero-order valence-electron chi connectivity index (χ0n) is 16.2. The Labute approximate surface area is 177 Å². The van der Waals surface area contributed by atoms with Gasteiger partial charge in [0.1, 0.15) is 5.75 Å². The first-order valence-electron chi connectivity index (χ1n) is 9.89. The molecule has 1 fully saturated rings. The summed E-state index contributed by atoms with van der Waals surface area (Å²) >= 11 is 1.77. The number of fused-ring (bicyclic) bond motifs is 1. The third-order valence-electron chi connectivity index (χ3n) is 5.33. The molecule has 1 saturated heterocycles. The summed E-state index contributed by atoms with van der Waals surface area (Å²) in [5.74, 6) is 1.52. The van der Waals surface area contributed by atoms with E-state index in [1.54, 1.807) is 23.5 Å². The van der Waals surface area contributed by atoms with E-state index in [0.29, 0.717) is 17.6 Å². The van der Waals surface area contributed by atoms with Crippen LogP contribution in [-0.4, -0.2) is 45.7 Å². The van der Waals surface area contributed by atoms with Crippen LogP contribution in [0.4, 0.5) is 0 Å². The molecule has 1 aliphatic rings. The Morgan fingerprint density at radius 3 is 2.67 bits per heavy atom. The second-order valence-electron chi connectivity index (χ2n) is 7.23. The van der Waals surface area contributed by atoms with Crippen LogP contribution < -0.4 is 4.74 Å². The Balaban J connectivity index is 1.13. The van der Waals surface area contributed by atoms with Gasteiger partial charge in [-0.3, -0.25) is 4.79 Å². The highest BCUT2D eigenvalue weighted by molar-refractivity contribution is 7.18. The van der Waals surface area contributed by atoms with Crippen molar-refractivity contribution in [2.75, 3.05) is 19.7 Å². The van der Waals surface area contributed by atoms with Gasteiger partial charge in [-0.05, 0) is 49.2 Å². The van der Waals surface area contributed by atoms with Gasteiger partial charge in [-0.2, -0.15) is 0 Å². The highest BCUT2D eigenvalue weighted by Gasteiger charge is 2.26. The molecule has 5 rings (SSSR count). The lowest BCUT2D eigenvalue weighted by Crippen LogP contribution is -2.40. The summed E-state index contributed by atoms with van der Waals surface area (Å²) in [7, 11) is 0. The van der Waals surface area contributed by atoms with Crippen molar-refractivity contribution in [1.29, 1.82) is 0 Å². The summed E-state index contributed by atoms with van der Waals surface area (Å²) in [5.41, 5.74) is 1.87. The molecule has 0 bridgehead atoms. The summed E-state index contributed by atoms with van der Waals surface area (Å²) in [6, 6.07) is 15.5. The summed E-state index contributed by atoms with van der Waals surface area (Å²) in [4.78, 5) is 19.2. The maximum absolute atomic E-state index is 12.6. The number of carbonyl (C=O) groups excluding carboxylic acids is 1. The number of amides is 1. The van der Waals surface area contributed by atoms with Gasteiger partial charge in [0.25, 0.3) is 5.91 Å². The second-order valence-corrected chi connectivity index (χ2v) is 8.29. The molecule has 30 heavy (non-hydrogen) atoms. The quantitative estimate of drug-likeness (QED) is 0.483. The molecule has 4 aromatic rings. The molecule has 0 saturated carbocycles. The van der Waals surface area contributed by atoms with Gasteiger partial charge in [0, 0.05) is 24.6 Å². The van der Waals surface area contributed by atoms with E-state index >= 15 is 0 Å². The van der Waals surface area contributed by atoms with Crippen molar-refractivity contribution in [1.82, 2.24) is 20.1 Å². The molecule has 2 aromatic carbocycles. The lowest BCUT2D eigenvalue weighted by atomic mass is 9.97. The third kappa shape index (κ3) is 3.91. The van der Waals surface area contributed by atoms with Gasteiger partial charge in [-0.1, -0.05) is 12.1 Å². The minimum absolute atomic E-state index is 0.0127. The highest BCUT2D eigenvalue weighted by Crippen LogP contribution is 2.33. The summed E-state index contributed by atoms with van der Waals surface area (Å²) in [6.45, 7) is 1.50. The molecular formula is C22H20N4O3S. The minimum Gasteiger partial charge on any atom is -0.484 e. The first-order chi connectivity index (χ1) is 14.8. The maximum atomic E-state index is 12.6. The van der Waals surface area contributed by atoms with E-state index in [1.807, 2.05) is 29.2 Å². The van der Waals surface area contributed by atoms with E-state index in [0.717, 1.165) is 37.0 Å². The van der Waals surface area contributed by atoms with Crippen molar-refractivity contribution in [3.8, 4) is 17.2 Å². The lowest BCUT2D eigenvalue weighted by molar-refractivity contribution is -0.134. The van der Waals surface area contributed by atoms with E-state index in [9.17, 15) is 4.79 Å². The Morgan fingerprint density at radius 2 is 1.93 bits per heavy atom. The van der Waals surface area contributed by atoms with E-state index in [1.165, 1.54) is 16.1 Å². The number of nitrogens with zero attached hydrogens (tertiary/aromatic N) is 4. The van der Waals surface area contributed by atoms with Crippen LogP contribution in [0.25, 0.3) is 21.7 Å². The number of rotatable bonds is 5. The zero-order valence-corrected chi connectivity index (χ0v) is 17.0. The topological polar surface area (TPSA) is 81.3 Å². The van der Waals surface area contributed by atoms with Crippen LogP contribution in [0.1, 0.15) is 23.8 Å². The first-order valence-corrected chi connectivity index (χ1v) is 10.7. The molecule has 0 radical (unpaired) electrons. The van der Waals surface area contributed by atoms with Crippen LogP contribution in [0, 0.1) is 0 Å². The number of thiazole rings is 1. The summed E-state index contributed by atoms with van der Waals surface area (Å²) in [5, 5.41) is 8.72. The van der Waals surface area contributed by atoms with Gasteiger partial charge in [0.15, 0.2) is 6.61 Å². The molecular weight excluding hydrogens is 400 g/mol. The Bertz CT molecular complexity index is 1100. The van der Waals surface area contributed by atoms with E-state index < -0.39 is 0 Å². The van der Waals surface area contributed by atoms with Crippen molar-refractivity contribution in [2.45, 2.75) is 18.8 Å². The van der Waals surface area contributed by atoms with Crippen molar-refractivity contribution >= 4 is 27.5 Å². The number of para-hydroxylation sites is 1. The normalized spacial score (nSPS) is 14.9. The molecule has 3 heterocycles. The van der Waals surface area contributed by atoms with E-state index in [4.69, 9.17) is 14.1 Å². The molecule has 0 N–H and O–H groups in total. The van der Waals surface area contributed by atoms with Crippen LogP contribution >= 0.6 is 11.3 Å². The molecule has 0 atom stereocenters. The second kappa shape index (κ2) is 8.23. The van der Waals surface area contributed by atoms with Crippen LogP contribution in [0.5, 0.6) is 5.75 Å². The molecule has 1 aliphatic heterocycles. The monoisotopic (exact) mass is 420 g/mol. The first kappa shape index (κ1) is 18.7. The minimum atomic E-state index is 0.0127. The number of ether oxygens (including phenoxy) is 1. The fourth-order valence-corrected chi connectivity index (χ4v) is 4.81. The van der Waals surface area contributed by atoms with Gasteiger partial charge in [0.05, 0.1) is 15.2 Å². The largest absolute Gasteiger partial charge is 0.484 e. The third-order valence-corrected chi connectivity index (χ3v) is 6.53. The molecule has 0 aliphatic carbocycles. The fraction of sp³-hybridized carbons (Fsp3) is 0.273. The Morgan fingerprint density at radius 1 is 1.13 bits per heavy atom. The molecule has 7 nitrogen and oxygen atoms in total. The average Bonchev–Trinajstić information content (AvgIpc) is 3.48. The molecule has 8 heteroatoms. The Kier molecular flexibility index (Phi) is 5.15. The summed E-state index contributed by atoms with van der Waals surface area (Å²) < 4.78 is 12.1. The van der Waals surface area contributed by atoms with Crippen LogP contribution in [-0.2, 0) is 4.79 Å². The number of piperidine rings is 1. The summed E-state index contributed by atoms with van der Waals surface area (Å²) in [6.07, 6.45) is 3.16. The number of benzene rings is 2. The molecule has 1 amide bonds. The average molecular weight is 420 g/mol. The molecule has 2 aromatic heterocycles. The molecule has 0 unspecified atom stereocenters. The molecule has 0 spiro atoms. The maximum Gasteiger partial charge on any atom is 0.260 e. The van der Waals surface area contributed by atoms with Crippen molar-refractivity contribution in [3.63, 3.8) is 0 Å². The number of likely N-dealkylation sites (tertiary alicyclic amines) is 1. The SMILES string of the molecule is O=C(COc1ccc(-c2nnco2)cc1)N1CCC(c2nc3ccccc3s2)CC1. The molecule has 152 valence electrons. The zero-order chi connectivity index (χ0) is 20.3. The van der Waals surface area contributed by atoms with Crippen molar-refractivity contribution in [3.05, 3.63) is 59.9 Å². The van der Waals surface area contributed by atoms with E-state index in [-0.39, 0.29) is 12.5 Å². The van der Waals surface area contributed by atoms with Gasteiger partial charge in [-0.15, -0.1) is 21.5 Å². The number of hydrogen-bond donors (Lipinski definition) is 0. The van der Waals surface area contributed by atoms with Crippen LogP contribution in [0.2, 0.25) is 0 Å². The fourth-order valence-electron chi connectivity index (χ4n) is 3.67. The van der Waals surface area contributed by atoms with Gasteiger partial charge in [0.2, 0.25) is 12.3 Å². The lowest BCUT2D eigenvalue weighted by Gasteiger charge is -2.31. The predicted octanol–water partition coefficient (Wildman–Crippen LogP) is 4.13. The number of aromatic nitrogens is 3. The highest BCUT2D eigenvalue weighted by atomic mass is 32.1. The van der Waals surface area contributed by atoms with Gasteiger partial charge < -0.3 is 14.1 Å². The van der Waals surface area contributed by atoms with Gasteiger partial charge >= 0.3 is 0 Å². The van der Waals surface area contributed by atoms with Crippen LogP contribution in [0.15, 0.2) is 59.3 Å². The smallest absolute Gasteiger partial charge is 0.260 e.